The SMILES string of the molecule is NCC1O[C@H](OC2C(O)[C@@H](O[C@H]3OC(CO)[C@@H](O)[C@H](N)C3O)[C@H](N)C[C@@H]2N)C(O)C(O)[C@@H]1O. The van der Waals surface area contributed by atoms with Gasteiger partial charge in [0.1, 0.15) is 61.0 Å². The fourth-order valence-electron chi connectivity index (χ4n) is 4.40. The predicted molar refractivity (Wildman–Crippen MR) is 108 cm³/mol. The van der Waals surface area contributed by atoms with E-state index in [1.54, 1.807) is 0 Å². The minimum atomic E-state index is -1.66. The van der Waals surface area contributed by atoms with Crippen LogP contribution in [-0.4, -0.2) is 141 Å². The summed E-state index contributed by atoms with van der Waals surface area (Å²) in [6, 6.07) is -2.86. The Balaban J connectivity index is 1.72. The molecule has 0 aromatic heterocycles. The van der Waals surface area contributed by atoms with Gasteiger partial charge in [0.15, 0.2) is 12.6 Å². The Hall–Kier alpha value is -0.600. The topological polar surface area (TPSA) is 283 Å². The maximum atomic E-state index is 10.9. The lowest BCUT2D eigenvalue weighted by Gasteiger charge is -2.48. The van der Waals surface area contributed by atoms with Crippen LogP contribution in [0.3, 0.4) is 0 Å². The molecule has 7 unspecified atom stereocenters. The van der Waals surface area contributed by atoms with Crippen molar-refractivity contribution in [3.8, 4) is 0 Å². The fraction of sp³-hybridized carbons (Fsp3) is 1.00. The van der Waals surface area contributed by atoms with Crippen molar-refractivity contribution in [2.75, 3.05) is 13.2 Å². The molecule has 0 amide bonds. The van der Waals surface area contributed by atoms with Crippen LogP contribution in [0.25, 0.3) is 0 Å². The zero-order valence-electron chi connectivity index (χ0n) is 17.9. The number of hydrogen-bond donors (Lipinski definition) is 11. The minimum absolute atomic E-state index is 0.0849. The summed E-state index contributed by atoms with van der Waals surface area (Å²) in [5, 5.41) is 70.9. The van der Waals surface area contributed by atoms with Gasteiger partial charge in [-0.25, -0.2) is 0 Å². The van der Waals surface area contributed by atoms with Crippen LogP contribution in [0.5, 0.6) is 0 Å². The van der Waals surface area contributed by atoms with Crippen molar-refractivity contribution in [2.24, 2.45) is 22.9 Å². The lowest BCUT2D eigenvalue weighted by Crippen LogP contribution is -2.68. The van der Waals surface area contributed by atoms with Crippen molar-refractivity contribution in [1.82, 2.24) is 0 Å². The van der Waals surface area contributed by atoms with Gasteiger partial charge in [0.05, 0.1) is 12.6 Å². The molecular formula is C18H36N4O11. The van der Waals surface area contributed by atoms with E-state index in [-0.39, 0.29) is 13.0 Å². The Bertz CT molecular complexity index is 584. The minimum Gasteiger partial charge on any atom is -0.394 e. The molecule has 15 nitrogen and oxygen atoms in total. The largest absolute Gasteiger partial charge is 0.394 e. The number of rotatable bonds is 6. The first-order chi connectivity index (χ1) is 15.5. The number of nitrogens with two attached hydrogens (primary N) is 4. The maximum Gasteiger partial charge on any atom is 0.187 e. The normalized spacial score (nSPS) is 53.7. The van der Waals surface area contributed by atoms with Crippen LogP contribution < -0.4 is 22.9 Å². The summed E-state index contributed by atoms with van der Waals surface area (Å²) in [5.74, 6) is 0. The van der Waals surface area contributed by atoms with Gasteiger partial charge in [-0.05, 0) is 6.42 Å². The van der Waals surface area contributed by atoms with E-state index in [1.165, 1.54) is 0 Å². The van der Waals surface area contributed by atoms with E-state index in [4.69, 9.17) is 41.9 Å². The quantitative estimate of drug-likeness (QED) is 0.167. The summed E-state index contributed by atoms with van der Waals surface area (Å²) in [4.78, 5) is 0. The summed E-state index contributed by atoms with van der Waals surface area (Å²) in [6.45, 7) is -0.763. The lowest BCUT2D eigenvalue weighted by molar-refractivity contribution is -0.332. The van der Waals surface area contributed by atoms with E-state index in [0.29, 0.717) is 0 Å². The van der Waals surface area contributed by atoms with Crippen LogP contribution in [-0.2, 0) is 18.9 Å². The van der Waals surface area contributed by atoms with E-state index >= 15 is 0 Å². The second kappa shape index (κ2) is 11.0. The number of ether oxygens (including phenoxy) is 4. The zero-order valence-corrected chi connectivity index (χ0v) is 17.9. The van der Waals surface area contributed by atoms with E-state index in [0.717, 1.165) is 0 Å². The van der Waals surface area contributed by atoms with Gasteiger partial charge < -0.3 is 77.6 Å². The van der Waals surface area contributed by atoms with Crippen LogP contribution in [0.4, 0.5) is 0 Å². The molecular weight excluding hydrogens is 448 g/mol. The molecule has 3 aliphatic rings. The first-order valence-electron chi connectivity index (χ1n) is 10.8. The monoisotopic (exact) mass is 484 g/mol. The average Bonchev–Trinajstić information content (AvgIpc) is 2.79. The molecule has 33 heavy (non-hydrogen) atoms. The molecule has 0 aromatic rings. The maximum absolute atomic E-state index is 10.9. The third-order valence-electron chi connectivity index (χ3n) is 6.48. The molecule has 194 valence electrons. The fourth-order valence-corrected chi connectivity index (χ4v) is 4.40. The smallest absolute Gasteiger partial charge is 0.187 e. The molecule has 15 N–H and O–H groups in total. The van der Waals surface area contributed by atoms with Gasteiger partial charge in [0.25, 0.3) is 0 Å². The molecule has 3 fully saturated rings. The Morgan fingerprint density at radius 3 is 1.70 bits per heavy atom. The van der Waals surface area contributed by atoms with E-state index in [9.17, 15) is 35.7 Å². The van der Waals surface area contributed by atoms with Crippen molar-refractivity contribution in [3.05, 3.63) is 0 Å². The van der Waals surface area contributed by atoms with Crippen LogP contribution >= 0.6 is 0 Å². The Labute approximate surface area is 189 Å². The molecule has 2 aliphatic heterocycles. The summed E-state index contributed by atoms with van der Waals surface area (Å²) in [6.07, 6.45) is -16.5. The van der Waals surface area contributed by atoms with Crippen molar-refractivity contribution in [3.63, 3.8) is 0 Å². The number of aliphatic hydroxyl groups is 7. The van der Waals surface area contributed by atoms with Gasteiger partial charge in [-0.2, -0.15) is 0 Å². The number of hydrogen-bond acceptors (Lipinski definition) is 15. The average molecular weight is 485 g/mol. The standard InChI is InChI=1S/C18H36N4O11/c19-2-6-10(25)12(27)13(28)18(30-6)33-16-5(21)1-4(20)15(14(16)29)32-17-11(26)8(22)9(24)7(3-23)31-17/h4-18,23-29H,1-3,19-22H2/t4-,5+,6?,7?,8+,9-,10-,11?,12?,13?,14?,15+,16?,17-,18-/m1/s1. The van der Waals surface area contributed by atoms with Crippen LogP contribution in [0.2, 0.25) is 0 Å². The molecule has 3 rings (SSSR count). The predicted octanol–water partition coefficient (Wildman–Crippen LogP) is -7.29. The summed E-state index contributed by atoms with van der Waals surface area (Å²) >= 11 is 0. The van der Waals surface area contributed by atoms with E-state index in [2.05, 4.69) is 0 Å². The van der Waals surface area contributed by atoms with Gasteiger partial charge in [-0.3, -0.25) is 0 Å². The first kappa shape index (κ1) is 27.0. The first-order valence-corrected chi connectivity index (χ1v) is 10.8. The molecule has 0 aromatic carbocycles. The molecule has 0 bridgehead atoms. The zero-order chi connectivity index (χ0) is 24.6. The van der Waals surface area contributed by atoms with E-state index < -0.39 is 98.4 Å². The van der Waals surface area contributed by atoms with Crippen molar-refractivity contribution in [1.29, 1.82) is 0 Å². The molecule has 0 radical (unpaired) electrons. The van der Waals surface area contributed by atoms with Crippen LogP contribution in [0.15, 0.2) is 0 Å². The van der Waals surface area contributed by atoms with Crippen molar-refractivity contribution in [2.45, 2.75) is 98.2 Å². The van der Waals surface area contributed by atoms with Gasteiger partial charge >= 0.3 is 0 Å². The molecule has 1 aliphatic carbocycles. The number of aliphatic hydroxyl groups excluding tert-OH is 7. The molecule has 15 atom stereocenters. The van der Waals surface area contributed by atoms with Gasteiger partial charge in [0, 0.05) is 18.6 Å². The third-order valence-corrected chi connectivity index (χ3v) is 6.48. The molecule has 2 saturated heterocycles. The highest BCUT2D eigenvalue weighted by atomic mass is 16.7. The van der Waals surface area contributed by atoms with Gasteiger partial charge in [0.2, 0.25) is 0 Å². The highest BCUT2D eigenvalue weighted by molar-refractivity contribution is 5.01. The summed E-state index contributed by atoms with van der Waals surface area (Å²) in [5.41, 5.74) is 23.5. The third kappa shape index (κ3) is 5.32. The molecule has 0 spiro atoms. The molecule has 2 heterocycles. The Morgan fingerprint density at radius 1 is 0.667 bits per heavy atom. The van der Waals surface area contributed by atoms with Gasteiger partial charge in [-0.1, -0.05) is 0 Å². The Morgan fingerprint density at radius 2 is 1.18 bits per heavy atom. The summed E-state index contributed by atoms with van der Waals surface area (Å²) in [7, 11) is 0. The second-order valence-electron chi connectivity index (χ2n) is 8.79. The highest BCUT2D eigenvalue weighted by Gasteiger charge is 2.51. The van der Waals surface area contributed by atoms with Crippen molar-refractivity contribution < 1.29 is 54.7 Å². The van der Waals surface area contributed by atoms with Gasteiger partial charge in [-0.15, -0.1) is 0 Å². The van der Waals surface area contributed by atoms with Crippen LogP contribution in [0, 0.1) is 0 Å². The van der Waals surface area contributed by atoms with Crippen molar-refractivity contribution >= 4 is 0 Å². The second-order valence-corrected chi connectivity index (χ2v) is 8.79. The summed E-state index contributed by atoms with van der Waals surface area (Å²) < 4.78 is 22.2. The molecule has 15 heteroatoms. The van der Waals surface area contributed by atoms with E-state index in [1.807, 2.05) is 0 Å². The Kier molecular flexibility index (Phi) is 8.99. The lowest BCUT2D eigenvalue weighted by atomic mass is 9.84. The molecule has 1 saturated carbocycles. The van der Waals surface area contributed by atoms with Crippen LogP contribution in [0.1, 0.15) is 6.42 Å². The highest BCUT2D eigenvalue weighted by Crippen LogP contribution is 2.31.